The lowest BCUT2D eigenvalue weighted by Gasteiger charge is -2.17. The number of methoxy groups -OCH3 is 1. The molecular weight excluding hydrogens is 424 g/mol. The van der Waals surface area contributed by atoms with Crippen molar-refractivity contribution in [1.82, 2.24) is 10.6 Å². The van der Waals surface area contributed by atoms with Crippen LogP contribution in [0.2, 0.25) is 0 Å². The van der Waals surface area contributed by atoms with Crippen LogP contribution in [-0.4, -0.2) is 49.9 Å². The van der Waals surface area contributed by atoms with Crippen LogP contribution in [0.5, 0.6) is 5.75 Å². The van der Waals surface area contributed by atoms with Gasteiger partial charge >= 0.3 is 0 Å². The van der Waals surface area contributed by atoms with Crippen LogP contribution in [0.25, 0.3) is 10.8 Å². The molecule has 0 aliphatic heterocycles. The summed E-state index contributed by atoms with van der Waals surface area (Å²) in [7, 11) is 1.50. The first-order chi connectivity index (χ1) is 14.3. The van der Waals surface area contributed by atoms with Gasteiger partial charge in [-0.2, -0.15) is 0 Å². The van der Waals surface area contributed by atoms with E-state index in [2.05, 4.69) is 15.6 Å². The molecule has 0 saturated heterocycles. The summed E-state index contributed by atoms with van der Waals surface area (Å²) < 4.78 is 5.35. The number of nitrogens with zero attached hydrogens (tertiary/aromatic N) is 1. The van der Waals surface area contributed by atoms with E-state index in [1.165, 1.54) is 7.11 Å². The number of hydrogen-bond donors (Lipinski definition) is 5. The number of amides is 3. The van der Waals surface area contributed by atoms with Gasteiger partial charge in [0.1, 0.15) is 11.8 Å². The minimum atomic E-state index is -0.957. The van der Waals surface area contributed by atoms with Gasteiger partial charge in [-0.15, -0.1) is 12.4 Å². The number of guanidine groups is 1. The van der Waals surface area contributed by atoms with Crippen molar-refractivity contribution in [2.75, 3.05) is 20.2 Å². The van der Waals surface area contributed by atoms with Crippen molar-refractivity contribution in [3.8, 4) is 5.75 Å². The van der Waals surface area contributed by atoms with Crippen LogP contribution in [0.15, 0.2) is 41.4 Å². The maximum absolute atomic E-state index is 12.7. The van der Waals surface area contributed by atoms with Crippen molar-refractivity contribution in [2.45, 2.75) is 18.9 Å². The molecule has 0 aliphatic rings. The molecule has 2 rings (SSSR count). The number of aliphatic imine (C=N–C) groups is 1. The van der Waals surface area contributed by atoms with E-state index in [9.17, 15) is 14.4 Å². The Bertz CT molecular complexity index is 962. The number of imide groups is 1. The Morgan fingerprint density at radius 3 is 2.52 bits per heavy atom. The SMILES string of the molecule is COc1cc(C(=O)NC(=O)[C@H](CCCN=C(N)N)NC(=O)CN)cc2ccccc12.Cl. The smallest absolute Gasteiger partial charge is 0.258 e. The number of ether oxygens (including phenoxy) is 1. The van der Waals surface area contributed by atoms with E-state index < -0.39 is 23.8 Å². The summed E-state index contributed by atoms with van der Waals surface area (Å²) >= 11 is 0. The lowest BCUT2D eigenvalue weighted by Crippen LogP contribution is -2.49. The fourth-order valence-electron chi connectivity index (χ4n) is 2.87. The van der Waals surface area contributed by atoms with Crippen molar-refractivity contribution < 1.29 is 19.1 Å². The van der Waals surface area contributed by atoms with Gasteiger partial charge in [0.25, 0.3) is 5.91 Å². The van der Waals surface area contributed by atoms with Crippen LogP contribution in [0.3, 0.4) is 0 Å². The summed E-state index contributed by atoms with van der Waals surface area (Å²) in [6, 6.07) is 9.66. The highest BCUT2D eigenvalue weighted by atomic mass is 35.5. The number of nitrogens with one attached hydrogen (secondary N) is 2. The summed E-state index contributed by atoms with van der Waals surface area (Å²) in [5.41, 5.74) is 16.1. The molecule has 31 heavy (non-hydrogen) atoms. The first-order valence-corrected chi connectivity index (χ1v) is 9.32. The minimum absolute atomic E-state index is 0. The molecule has 0 heterocycles. The second-order valence-corrected chi connectivity index (χ2v) is 6.49. The molecule has 0 aliphatic carbocycles. The largest absolute Gasteiger partial charge is 0.496 e. The van der Waals surface area contributed by atoms with Gasteiger partial charge in [0, 0.05) is 17.5 Å². The summed E-state index contributed by atoms with van der Waals surface area (Å²) in [4.78, 5) is 40.8. The van der Waals surface area contributed by atoms with Gasteiger partial charge in [-0.25, -0.2) is 0 Å². The molecule has 2 aromatic rings. The third-order valence-corrected chi connectivity index (χ3v) is 4.33. The monoisotopic (exact) mass is 450 g/mol. The average molecular weight is 451 g/mol. The summed E-state index contributed by atoms with van der Waals surface area (Å²) in [6.07, 6.45) is 0.640. The summed E-state index contributed by atoms with van der Waals surface area (Å²) in [6.45, 7) is -0.00602. The van der Waals surface area contributed by atoms with Crippen LogP contribution in [-0.2, 0) is 9.59 Å². The molecule has 0 saturated carbocycles. The van der Waals surface area contributed by atoms with Crippen molar-refractivity contribution in [2.24, 2.45) is 22.2 Å². The van der Waals surface area contributed by atoms with Gasteiger partial charge in [0.05, 0.1) is 13.7 Å². The normalized spacial score (nSPS) is 11.0. The Balaban J connectivity index is 0.00000480. The van der Waals surface area contributed by atoms with Crippen LogP contribution in [0.4, 0.5) is 0 Å². The molecule has 168 valence electrons. The maximum Gasteiger partial charge on any atom is 0.258 e. The standard InChI is InChI=1S/C20H26N6O4.ClH/c1-30-16-10-13(9-12-5-2-3-6-14(12)16)18(28)26-19(29)15(25-17(27)11-21)7-4-8-24-20(22)23;/h2-3,5-6,9-10,15H,4,7-8,11,21H2,1H3,(H,25,27)(H4,22,23,24)(H,26,28,29);1H/t15-;/m0./s1. The van der Waals surface area contributed by atoms with Crippen molar-refractivity contribution >= 4 is 46.9 Å². The second kappa shape index (κ2) is 12.4. The van der Waals surface area contributed by atoms with Gasteiger partial charge in [-0.05, 0) is 30.4 Å². The molecule has 0 bridgehead atoms. The molecule has 3 amide bonds. The molecule has 8 N–H and O–H groups in total. The molecular formula is C20H27ClN6O4. The van der Waals surface area contributed by atoms with E-state index in [0.717, 1.165) is 10.8 Å². The molecule has 0 unspecified atom stereocenters. The molecule has 0 radical (unpaired) electrons. The number of nitrogens with two attached hydrogens (primary N) is 3. The number of hydrogen-bond acceptors (Lipinski definition) is 6. The Labute approximate surface area is 186 Å². The third-order valence-electron chi connectivity index (χ3n) is 4.33. The lowest BCUT2D eigenvalue weighted by molar-refractivity contribution is -0.128. The number of benzene rings is 2. The predicted octanol–water partition coefficient (Wildman–Crippen LogP) is 0.0237. The van der Waals surface area contributed by atoms with Crippen LogP contribution in [0, 0.1) is 0 Å². The van der Waals surface area contributed by atoms with E-state index >= 15 is 0 Å². The topological polar surface area (TPSA) is 175 Å². The number of rotatable bonds is 9. The van der Waals surface area contributed by atoms with E-state index in [0.29, 0.717) is 12.2 Å². The minimum Gasteiger partial charge on any atom is -0.496 e. The Morgan fingerprint density at radius 1 is 1.16 bits per heavy atom. The highest BCUT2D eigenvalue weighted by Crippen LogP contribution is 2.27. The second-order valence-electron chi connectivity index (χ2n) is 6.49. The zero-order valence-electron chi connectivity index (χ0n) is 17.1. The lowest BCUT2D eigenvalue weighted by atomic mass is 10.0. The van der Waals surface area contributed by atoms with Gasteiger partial charge < -0.3 is 27.3 Å². The van der Waals surface area contributed by atoms with Crippen molar-refractivity contribution in [3.05, 3.63) is 42.0 Å². The Kier molecular flexibility index (Phi) is 10.2. The van der Waals surface area contributed by atoms with E-state index in [-0.39, 0.29) is 43.4 Å². The Morgan fingerprint density at radius 2 is 1.87 bits per heavy atom. The van der Waals surface area contributed by atoms with Gasteiger partial charge in [-0.1, -0.05) is 24.3 Å². The molecule has 10 nitrogen and oxygen atoms in total. The van der Waals surface area contributed by atoms with E-state index in [4.69, 9.17) is 21.9 Å². The van der Waals surface area contributed by atoms with E-state index in [1.807, 2.05) is 24.3 Å². The molecule has 0 aromatic heterocycles. The van der Waals surface area contributed by atoms with Gasteiger partial charge in [0.15, 0.2) is 5.96 Å². The predicted molar refractivity (Wildman–Crippen MR) is 121 cm³/mol. The maximum atomic E-state index is 12.7. The van der Waals surface area contributed by atoms with Crippen LogP contribution in [0.1, 0.15) is 23.2 Å². The average Bonchev–Trinajstić information content (AvgIpc) is 2.74. The highest BCUT2D eigenvalue weighted by Gasteiger charge is 2.23. The fourth-order valence-corrected chi connectivity index (χ4v) is 2.87. The van der Waals surface area contributed by atoms with E-state index in [1.54, 1.807) is 12.1 Å². The number of fused-ring (bicyclic) bond motifs is 1. The zero-order valence-corrected chi connectivity index (χ0v) is 17.9. The first-order valence-electron chi connectivity index (χ1n) is 9.32. The van der Waals surface area contributed by atoms with Gasteiger partial charge in [0.2, 0.25) is 11.8 Å². The molecule has 0 fully saturated rings. The third kappa shape index (κ3) is 7.43. The quantitative estimate of drug-likeness (QED) is 0.203. The molecule has 11 heteroatoms. The zero-order chi connectivity index (χ0) is 22.1. The van der Waals surface area contributed by atoms with Crippen LogP contribution < -0.4 is 32.6 Å². The summed E-state index contributed by atoms with van der Waals surface area (Å²) in [5.74, 6) is -1.34. The molecule has 1 atom stereocenters. The number of carbonyl (C=O) groups is 3. The first kappa shape index (κ1) is 25.7. The van der Waals surface area contributed by atoms with Crippen molar-refractivity contribution in [3.63, 3.8) is 0 Å². The number of halogens is 1. The van der Waals surface area contributed by atoms with Crippen molar-refractivity contribution in [1.29, 1.82) is 0 Å². The number of carbonyl (C=O) groups excluding carboxylic acids is 3. The summed E-state index contributed by atoms with van der Waals surface area (Å²) in [5, 5.41) is 6.45. The van der Waals surface area contributed by atoms with Gasteiger partial charge in [-0.3, -0.25) is 24.7 Å². The molecule has 2 aromatic carbocycles. The van der Waals surface area contributed by atoms with Crippen LogP contribution >= 0.6 is 12.4 Å². The fraction of sp³-hybridized carbons (Fsp3) is 0.300. The highest BCUT2D eigenvalue weighted by molar-refractivity contribution is 6.09. The Hall–Kier alpha value is -3.37. The molecule has 0 spiro atoms.